The van der Waals surface area contributed by atoms with Gasteiger partial charge in [-0.05, 0) is 19.3 Å². The molecule has 33 heavy (non-hydrogen) atoms. The summed E-state index contributed by atoms with van der Waals surface area (Å²) in [6, 6.07) is -0.838. The van der Waals surface area contributed by atoms with Gasteiger partial charge in [0.25, 0.3) is 0 Å². The number of aliphatic hydroxyl groups is 2. The third-order valence-corrected chi connectivity index (χ3v) is 5.58. The third-order valence-electron chi connectivity index (χ3n) is 5.29. The second-order valence-electron chi connectivity index (χ2n) is 7.84. The molecule has 1 amide bonds. The average Bonchev–Trinajstić information content (AvgIpc) is 3.37. The summed E-state index contributed by atoms with van der Waals surface area (Å²) in [4.78, 5) is 34.0. The second-order valence-corrected chi connectivity index (χ2v) is 8.22. The fourth-order valence-corrected chi connectivity index (χ4v) is 3.76. The van der Waals surface area contributed by atoms with Crippen LogP contribution in [0, 0.1) is 4.64 Å². The number of carbonyl (C=O) groups is 2. The van der Waals surface area contributed by atoms with E-state index >= 15 is 0 Å². The van der Waals surface area contributed by atoms with E-state index in [-0.39, 0.29) is 25.4 Å². The molecule has 0 saturated carbocycles. The first kappa shape index (κ1) is 25.0. The van der Waals surface area contributed by atoms with Crippen LogP contribution in [0.15, 0.2) is 6.33 Å². The number of carboxylic acids is 1. The van der Waals surface area contributed by atoms with Crippen molar-refractivity contribution in [2.24, 2.45) is 5.73 Å². The minimum atomic E-state index is -0.987. The van der Waals surface area contributed by atoms with E-state index in [1.807, 2.05) is 0 Å². The SMILES string of the molecule is NC(CCC(=O)O)C(=O)NCCCCNc1nc(=S)c2ncn([C@@H]3O[C@H](CO)CC3O)c2[nH]1. The first-order valence-electron chi connectivity index (χ1n) is 10.7. The molecule has 0 spiro atoms. The Bertz CT molecular complexity index is 1030. The lowest BCUT2D eigenvalue weighted by atomic mass is 10.1. The number of aromatic nitrogens is 4. The Labute approximate surface area is 194 Å². The molecule has 14 heteroatoms. The number of aliphatic carboxylic acids is 1. The summed E-state index contributed by atoms with van der Waals surface area (Å²) in [5.41, 5.74) is 6.68. The largest absolute Gasteiger partial charge is 0.481 e. The van der Waals surface area contributed by atoms with Gasteiger partial charge in [-0.2, -0.15) is 0 Å². The number of carbonyl (C=O) groups excluding carboxylic acids is 1. The lowest BCUT2D eigenvalue weighted by molar-refractivity contribution is -0.137. The maximum Gasteiger partial charge on any atom is 0.303 e. The van der Waals surface area contributed by atoms with Crippen molar-refractivity contribution < 1.29 is 29.6 Å². The lowest BCUT2D eigenvalue weighted by Gasteiger charge is -2.17. The van der Waals surface area contributed by atoms with Crippen LogP contribution in [0.4, 0.5) is 5.95 Å². The maximum atomic E-state index is 11.8. The van der Waals surface area contributed by atoms with Crippen molar-refractivity contribution in [1.29, 1.82) is 0 Å². The average molecular weight is 484 g/mol. The number of aromatic amines is 1. The Balaban J connectivity index is 1.50. The van der Waals surface area contributed by atoms with E-state index in [1.165, 1.54) is 6.33 Å². The lowest BCUT2D eigenvalue weighted by Crippen LogP contribution is -2.41. The van der Waals surface area contributed by atoms with Gasteiger partial charge in [0.2, 0.25) is 11.9 Å². The van der Waals surface area contributed by atoms with Gasteiger partial charge in [-0.1, -0.05) is 12.2 Å². The molecule has 3 rings (SSSR count). The quantitative estimate of drug-likeness (QED) is 0.153. The number of amides is 1. The number of anilines is 1. The van der Waals surface area contributed by atoms with Gasteiger partial charge < -0.3 is 41.4 Å². The number of imidazole rings is 1. The molecule has 0 aliphatic carbocycles. The zero-order chi connectivity index (χ0) is 24.0. The van der Waals surface area contributed by atoms with Crippen molar-refractivity contribution in [1.82, 2.24) is 24.8 Å². The first-order chi connectivity index (χ1) is 15.8. The van der Waals surface area contributed by atoms with E-state index in [1.54, 1.807) is 4.57 Å². The predicted octanol–water partition coefficient (Wildman–Crippen LogP) is -0.370. The van der Waals surface area contributed by atoms with Gasteiger partial charge in [0.15, 0.2) is 10.9 Å². The van der Waals surface area contributed by atoms with Crippen LogP contribution in [-0.2, 0) is 14.3 Å². The highest BCUT2D eigenvalue weighted by atomic mass is 32.1. The van der Waals surface area contributed by atoms with Crippen molar-refractivity contribution in [3.63, 3.8) is 0 Å². The van der Waals surface area contributed by atoms with Crippen LogP contribution >= 0.6 is 12.2 Å². The molecule has 4 atom stereocenters. The van der Waals surface area contributed by atoms with Crippen molar-refractivity contribution >= 4 is 41.2 Å². The van der Waals surface area contributed by atoms with Gasteiger partial charge in [-0.3, -0.25) is 14.2 Å². The Morgan fingerprint density at radius 2 is 2.15 bits per heavy atom. The Morgan fingerprint density at radius 3 is 2.85 bits per heavy atom. The highest BCUT2D eigenvalue weighted by molar-refractivity contribution is 7.71. The number of aliphatic hydroxyl groups excluding tert-OH is 2. The van der Waals surface area contributed by atoms with E-state index in [0.717, 1.165) is 0 Å². The normalized spacial score (nSPS) is 21.2. The van der Waals surface area contributed by atoms with Crippen molar-refractivity contribution in [2.75, 3.05) is 25.0 Å². The summed E-state index contributed by atoms with van der Waals surface area (Å²) in [5, 5.41) is 34.1. The monoisotopic (exact) mass is 483 g/mol. The summed E-state index contributed by atoms with van der Waals surface area (Å²) >= 11 is 5.33. The van der Waals surface area contributed by atoms with E-state index in [2.05, 4.69) is 25.6 Å². The van der Waals surface area contributed by atoms with Crippen LogP contribution < -0.4 is 16.4 Å². The zero-order valence-corrected chi connectivity index (χ0v) is 18.8. The fraction of sp³-hybridized carbons (Fsp3) is 0.632. The smallest absolute Gasteiger partial charge is 0.303 e. The molecule has 3 heterocycles. The van der Waals surface area contributed by atoms with E-state index < -0.39 is 30.4 Å². The van der Waals surface area contributed by atoms with Gasteiger partial charge in [-0.25, -0.2) is 9.97 Å². The van der Waals surface area contributed by atoms with Crippen LogP contribution in [0.5, 0.6) is 0 Å². The van der Waals surface area contributed by atoms with E-state index in [4.69, 9.17) is 27.8 Å². The van der Waals surface area contributed by atoms with Crippen LogP contribution in [0.3, 0.4) is 0 Å². The summed E-state index contributed by atoms with van der Waals surface area (Å²) in [6.07, 6.45) is 1.23. The molecule has 182 valence electrons. The number of ether oxygens (including phenoxy) is 1. The van der Waals surface area contributed by atoms with Crippen molar-refractivity contribution in [2.45, 2.75) is 56.6 Å². The molecule has 0 bridgehead atoms. The number of hydrogen-bond donors (Lipinski definition) is 7. The highest BCUT2D eigenvalue weighted by Gasteiger charge is 2.35. The number of fused-ring (bicyclic) bond motifs is 1. The van der Waals surface area contributed by atoms with Crippen LogP contribution in [0.1, 0.15) is 38.3 Å². The number of carboxylic acid groups (broad SMARTS) is 1. The molecule has 2 aromatic heterocycles. The summed E-state index contributed by atoms with van der Waals surface area (Å²) < 4.78 is 7.63. The number of unbranched alkanes of at least 4 members (excludes halogenated alkanes) is 1. The zero-order valence-electron chi connectivity index (χ0n) is 17.9. The summed E-state index contributed by atoms with van der Waals surface area (Å²) in [7, 11) is 0. The topological polar surface area (TPSA) is 201 Å². The molecule has 13 nitrogen and oxygen atoms in total. The Morgan fingerprint density at radius 1 is 1.39 bits per heavy atom. The van der Waals surface area contributed by atoms with Gasteiger partial charge in [0.1, 0.15) is 17.3 Å². The molecule has 8 N–H and O–H groups in total. The highest BCUT2D eigenvalue weighted by Crippen LogP contribution is 2.31. The number of nitrogens with zero attached hydrogens (tertiary/aromatic N) is 3. The van der Waals surface area contributed by atoms with E-state index in [9.17, 15) is 19.8 Å². The number of H-pyrrole nitrogens is 1. The van der Waals surface area contributed by atoms with Crippen LogP contribution in [0.2, 0.25) is 0 Å². The second kappa shape index (κ2) is 11.5. The molecule has 1 fully saturated rings. The molecule has 0 aromatic carbocycles. The molecule has 1 aliphatic heterocycles. The van der Waals surface area contributed by atoms with Crippen LogP contribution in [-0.4, -0.2) is 84.7 Å². The first-order valence-corrected chi connectivity index (χ1v) is 11.1. The number of nitrogens with two attached hydrogens (primary N) is 1. The third kappa shape index (κ3) is 6.45. The molecule has 0 radical (unpaired) electrons. The number of nitrogens with one attached hydrogen (secondary N) is 3. The summed E-state index contributed by atoms with van der Waals surface area (Å²) in [6.45, 7) is 0.784. The Kier molecular flexibility index (Phi) is 8.68. The fourth-order valence-electron chi connectivity index (χ4n) is 3.52. The van der Waals surface area contributed by atoms with Gasteiger partial charge in [0, 0.05) is 25.9 Å². The molecular formula is C19H29N7O6S. The number of hydrogen-bond acceptors (Lipinski definition) is 10. The number of rotatable bonds is 12. The van der Waals surface area contributed by atoms with Crippen LogP contribution in [0.25, 0.3) is 11.2 Å². The maximum absolute atomic E-state index is 11.8. The molecule has 1 aliphatic rings. The summed E-state index contributed by atoms with van der Waals surface area (Å²) in [5.74, 6) is -0.923. The van der Waals surface area contributed by atoms with Gasteiger partial charge in [0.05, 0.1) is 25.1 Å². The van der Waals surface area contributed by atoms with Crippen molar-refractivity contribution in [3.8, 4) is 0 Å². The van der Waals surface area contributed by atoms with Crippen molar-refractivity contribution in [3.05, 3.63) is 11.0 Å². The molecule has 1 saturated heterocycles. The standard InChI is InChI=1S/C19H29N7O6S/c20-11(3-4-13(29)30)16(31)21-5-1-2-6-22-19-24-15-14(17(33)25-19)23-9-26(15)18-12(28)7-10(8-27)32-18/h9-12,18,27-28H,1-8,20H2,(H,21,31)(H,29,30)(H2,22,24,25,33)/t10-,11?,12?,18+/m0/s1. The van der Waals surface area contributed by atoms with Gasteiger partial charge >= 0.3 is 5.97 Å². The van der Waals surface area contributed by atoms with E-state index in [0.29, 0.717) is 54.1 Å². The molecule has 2 unspecified atom stereocenters. The minimum absolute atomic E-state index is 0.0935. The molecular weight excluding hydrogens is 454 g/mol. The predicted molar refractivity (Wildman–Crippen MR) is 120 cm³/mol. The van der Waals surface area contributed by atoms with Gasteiger partial charge in [-0.15, -0.1) is 0 Å². The Hall–Kier alpha value is -2.65. The minimum Gasteiger partial charge on any atom is -0.481 e. The molecule has 2 aromatic rings.